The first-order valence-corrected chi connectivity index (χ1v) is 12.2. The van der Waals surface area contributed by atoms with Crippen LogP contribution >= 0.6 is 0 Å². The van der Waals surface area contributed by atoms with Gasteiger partial charge < -0.3 is 0 Å². The van der Waals surface area contributed by atoms with E-state index in [1.165, 1.54) is 35.5 Å². The van der Waals surface area contributed by atoms with Crippen LogP contribution in [-0.2, 0) is 20.0 Å². The van der Waals surface area contributed by atoms with Gasteiger partial charge in [-0.1, -0.05) is 26.0 Å². The molecule has 0 bridgehead atoms. The van der Waals surface area contributed by atoms with Crippen molar-refractivity contribution >= 4 is 31.4 Å². The third kappa shape index (κ3) is 4.47. The first kappa shape index (κ1) is 23.8. The summed E-state index contributed by atoms with van der Waals surface area (Å²) in [5, 5.41) is 11.3. The van der Waals surface area contributed by atoms with Gasteiger partial charge in [0, 0.05) is 19.2 Å². The van der Waals surface area contributed by atoms with E-state index in [4.69, 9.17) is 0 Å². The summed E-state index contributed by atoms with van der Waals surface area (Å²) in [6.07, 6.45) is 0. The molecule has 0 unspecified atom stereocenters. The molecule has 2 aromatic carbocycles. The van der Waals surface area contributed by atoms with Crippen LogP contribution in [0.4, 0.5) is 11.4 Å². The van der Waals surface area contributed by atoms with Crippen molar-refractivity contribution in [1.82, 2.24) is 4.31 Å². The summed E-state index contributed by atoms with van der Waals surface area (Å²) >= 11 is 0. The Hall–Kier alpha value is -2.50. The Balaban J connectivity index is 2.65. The van der Waals surface area contributed by atoms with E-state index >= 15 is 0 Å². The molecule has 0 saturated heterocycles. The Bertz CT molecular complexity index is 1190. The molecular weight excluding hydrogens is 430 g/mol. The number of nitro groups is 1. The van der Waals surface area contributed by atoms with Crippen molar-refractivity contribution < 1.29 is 21.8 Å². The number of nitrogens with zero attached hydrogens (tertiary/aromatic N) is 2. The third-order valence-corrected chi connectivity index (χ3v) is 8.47. The van der Waals surface area contributed by atoms with Gasteiger partial charge in [0.05, 0.1) is 15.5 Å². The molecule has 0 fully saturated rings. The van der Waals surface area contributed by atoms with E-state index in [0.717, 1.165) is 6.07 Å². The normalized spacial score (nSPS) is 12.2. The van der Waals surface area contributed by atoms with Crippen LogP contribution in [0.3, 0.4) is 0 Å². The number of nitro benzene ring substituents is 1. The number of sulfonamides is 2. The van der Waals surface area contributed by atoms with Gasteiger partial charge in [0.25, 0.3) is 15.7 Å². The van der Waals surface area contributed by atoms with Crippen molar-refractivity contribution in [3.63, 3.8) is 0 Å². The van der Waals surface area contributed by atoms with Gasteiger partial charge in [0.1, 0.15) is 0 Å². The van der Waals surface area contributed by atoms with Crippen molar-refractivity contribution in [1.29, 1.82) is 0 Å². The fourth-order valence-electron chi connectivity index (χ4n) is 3.12. The Morgan fingerprint density at radius 2 is 1.60 bits per heavy atom. The zero-order valence-corrected chi connectivity index (χ0v) is 19.1. The highest BCUT2D eigenvalue weighted by atomic mass is 32.2. The Morgan fingerprint density at radius 3 is 2.13 bits per heavy atom. The maximum atomic E-state index is 13.0. The molecule has 0 aromatic heterocycles. The van der Waals surface area contributed by atoms with Crippen LogP contribution in [0.15, 0.2) is 40.1 Å². The molecule has 164 valence electrons. The van der Waals surface area contributed by atoms with Crippen molar-refractivity contribution in [3.05, 3.63) is 57.1 Å². The van der Waals surface area contributed by atoms with E-state index in [2.05, 4.69) is 4.72 Å². The highest BCUT2D eigenvalue weighted by molar-refractivity contribution is 7.93. The molecule has 1 N–H and O–H groups in total. The van der Waals surface area contributed by atoms with Crippen molar-refractivity contribution in [2.45, 2.75) is 44.4 Å². The van der Waals surface area contributed by atoms with Crippen LogP contribution in [0, 0.1) is 30.9 Å². The largest absolute Gasteiger partial charge is 0.290 e. The molecule has 0 spiro atoms. The molecule has 0 aliphatic rings. The minimum Gasteiger partial charge on any atom is -0.279 e. The van der Waals surface area contributed by atoms with Crippen LogP contribution < -0.4 is 4.72 Å². The molecule has 9 nitrogen and oxygen atoms in total. The molecule has 2 rings (SSSR count). The summed E-state index contributed by atoms with van der Waals surface area (Å²) in [5.74, 6) is 0. The van der Waals surface area contributed by atoms with E-state index in [9.17, 15) is 26.9 Å². The fraction of sp³-hybridized carbons (Fsp3) is 0.368. The predicted octanol–water partition coefficient (Wildman–Crippen LogP) is 3.35. The molecular formula is C19H25N3O6S2. The second kappa shape index (κ2) is 8.70. The summed E-state index contributed by atoms with van der Waals surface area (Å²) in [5.41, 5.74) is 0.800. The van der Waals surface area contributed by atoms with Crippen LogP contribution in [-0.4, -0.2) is 39.2 Å². The number of rotatable bonds is 8. The molecule has 0 radical (unpaired) electrons. The molecule has 0 amide bonds. The van der Waals surface area contributed by atoms with Crippen molar-refractivity contribution in [2.24, 2.45) is 0 Å². The first-order chi connectivity index (χ1) is 13.9. The molecule has 11 heteroatoms. The standard InChI is InChI=1S/C19H25N3O6S2/c1-6-21(7-2)30(27,28)16-11-14(4)15(5)17(12-16)20-29(25,26)19-13(3)9-8-10-18(19)22(23)24/h8-12,20H,6-7H2,1-5H3. The Kier molecular flexibility index (Phi) is 6.90. The van der Waals surface area contributed by atoms with Crippen LogP contribution in [0.2, 0.25) is 0 Å². The lowest BCUT2D eigenvalue weighted by atomic mass is 10.1. The highest BCUT2D eigenvalue weighted by Gasteiger charge is 2.29. The summed E-state index contributed by atoms with van der Waals surface area (Å²) in [6.45, 7) is 8.73. The van der Waals surface area contributed by atoms with Crippen LogP contribution in [0.25, 0.3) is 0 Å². The topological polar surface area (TPSA) is 127 Å². The Labute approximate surface area is 177 Å². The summed E-state index contributed by atoms with van der Waals surface area (Å²) in [4.78, 5) is 10.1. The maximum Gasteiger partial charge on any atom is 0.290 e. The maximum absolute atomic E-state index is 13.0. The van der Waals surface area contributed by atoms with Gasteiger partial charge in [0.2, 0.25) is 10.0 Å². The van der Waals surface area contributed by atoms with Gasteiger partial charge >= 0.3 is 0 Å². The predicted molar refractivity (Wildman–Crippen MR) is 115 cm³/mol. The zero-order chi connectivity index (χ0) is 22.9. The van der Waals surface area contributed by atoms with Crippen molar-refractivity contribution in [3.8, 4) is 0 Å². The van der Waals surface area contributed by atoms with Gasteiger partial charge in [-0.05, 0) is 49.6 Å². The van der Waals surface area contributed by atoms with Gasteiger partial charge in [0.15, 0.2) is 4.90 Å². The lowest BCUT2D eigenvalue weighted by Gasteiger charge is -2.21. The number of benzene rings is 2. The molecule has 0 heterocycles. The van der Waals surface area contributed by atoms with Gasteiger partial charge in [-0.15, -0.1) is 0 Å². The van der Waals surface area contributed by atoms with E-state index < -0.39 is 35.6 Å². The monoisotopic (exact) mass is 455 g/mol. The summed E-state index contributed by atoms with van der Waals surface area (Å²) < 4.78 is 55.5. The second-order valence-corrected chi connectivity index (χ2v) is 10.3. The fourth-order valence-corrected chi connectivity index (χ4v) is 6.20. The lowest BCUT2D eigenvalue weighted by molar-refractivity contribution is -0.387. The minimum absolute atomic E-state index is 0.0497. The second-order valence-electron chi connectivity index (χ2n) is 6.79. The number of anilines is 1. The van der Waals surface area contributed by atoms with Crippen LogP contribution in [0.5, 0.6) is 0 Å². The van der Waals surface area contributed by atoms with E-state index in [1.807, 2.05) is 0 Å². The molecule has 0 saturated carbocycles. The van der Waals surface area contributed by atoms with Gasteiger partial charge in [-0.25, -0.2) is 16.8 Å². The van der Waals surface area contributed by atoms with Gasteiger partial charge in [-0.3, -0.25) is 14.8 Å². The third-order valence-electron chi connectivity index (χ3n) is 4.88. The first-order valence-electron chi connectivity index (χ1n) is 9.25. The summed E-state index contributed by atoms with van der Waals surface area (Å²) in [6, 6.07) is 6.70. The van der Waals surface area contributed by atoms with E-state index in [0.29, 0.717) is 11.1 Å². The average Bonchev–Trinajstić information content (AvgIpc) is 2.65. The lowest BCUT2D eigenvalue weighted by Crippen LogP contribution is -2.30. The average molecular weight is 456 g/mol. The summed E-state index contributed by atoms with van der Waals surface area (Å²) in [7, 11) is -8.18. The molecule has 30 heavy (non-hydrogen) atoms. The Morgan fingerprint density at radius 1 is 1.00 bits per heavy atom. The number of hydrogen-bond acceptors (Lipinski definition) is 6. The van der Waals surface area contributed by atoms with E-state index in [1.54, 1.807) is 27.7 Å². The highest BCUT2D eigenvalue weighted by Crippen LogP contribution is 2.32. The minimum atomic E-state index is -4.35. The quantitative estimate of drug-likeness (QED) is 0.480. The number of nitrogens with one attached hydrogen (secondary N) is 1. The molecule has 0 aliphatic heterocycles. The van der Waals surface area contributed by atoms with Gasteiger partial charge in [-0.2, -0.15) is 4.31 Å². The smallest absolute Gasteiger partial charge is 0.279 e. The van der Waals surface area contributed by atoms with E-state index in [-0.39, 0.29) is 29.2 Å². The number of hydrogen-bond donors (Lipinski definition) is 1. The number of aryl methyl sites for hydroxylation is 2. The van der Waals surface area contributed by atoms with Crippen molar-refractivity contribution in [2.75, 3.05) is 17.8 Å². The zero-order valence-electron chi connectivity index (χ0n) is 17.5. The molecule has 2 aromatic rings. The SMILES string of the molecule is CCN(CC)S(=O)(=O)c1cc(C)c(C)c(NS(=O)(=O)c2c(C)cccc2[N+](=O)[O-])c1. The molecule has 0 aliphatic carbocycles. The van der Waals surface area contributed by atoms with Crippen LogP contribution in [0.1, 0.15) is 30.5 Å². The molecule has 0 atom stereocenters.